The molecule has 312 valence electrons. The Morgan fingerprint density at radius 1 is 0.714 bits per heavy atom. The Bertz CT molecular complexity index is 1620. The number of esters is 1. The minimum Gasteiger partial charge on any atom is -0.504 e. The van der Waals surface area contributed by atoms with Gasteiger partial charge >= 0.3 is 5.97 Å². The average Bonchev–Trinajstić information content (AvgIpc) is 3.17. The van der Waals surface area contributed by atoms with Gasteiger partial charge in [0.2, 0.25) is 0 Å². The Morgan fingerprint density at radius 2 is 1.39 bits per heavy atom. The molecule has 15 atom stereocenters. The van der Waals surface area contributed by atoms with Gasteiger partial charge in [-0.1, -0.05) is 12.1 Å². The smallest absolute Gasteiger partial charge is 0.331 e. The second kappa shape index (κ2) is 19.2. The fourth-order valence-electron chi connectivity index (χ4n) is 6.31. The average molecular weight is 801 g/mol. The molecule has 11 N–H and O–H groups in total. The van der Waals surface area contributed by atoms with Gasteiger partial charge in [-0.3, -0.25) is 0 Å². The lowest BCUT2D eigenvalue weighted by Crippen LogP contribution is -2.65. The maximum atomic E-state index is 13.3. The van der Waals surface area contributed by atoms with Crippen LogP contribution < -0.4 is 4.74 Å². The van der Waals surface area contributed by atoms with Crippen LogP contribution in [0.3, 0.4) is 0 Å². The molecular weight excluding hydrogens is 752 g/mol. The number of hydrogen-bond acceptors (Lipinski definition) is 20. The molecule has 3 saturated heterocycles. The molecule has 2 aromatic rings. The Hall–Kier alpha value is -3.71. The van der Waals surface area contributed by atoms with Crippen molar-refractivity contribution in [1.82, 2.24) is 0 Å². The number of carbonyl (C=O) groups is 1. The highest BCUT2D eigenvalue weighted by molar-refractivity contribution is 5.87. The van der Waals surface area contributed by atoms with Gasteiger partial charge in [-0.15, -0.1) is 0 Å². The van der Waals surface area contributed by atoms with Crippen LogP contribution in [0.15, 0.2) is 42.5 Å². The highest BCUT2D eigenvalue weighted by atomic mass is 16.8. The quantitative estimate of drug-likeness (QED) is 0.0519. The second-order valence-corrected chi connectivity index (χ2v) is 13.5. The summed E-state index contributed by atoms with van der Waals surface area (Å²) in [6, 6.07) is 8.36. The summed E-state index contributed by atoms with van der Waals surface area (Å²) < 4.78 is 45.5. The molecule has 3 heterocycles. The highest BCUT2D eigenvalue weighted by Crippen LogP contribution is 2.33. The third-order valence-electron chi connectivity index (χ3n) is 9.57. The normalized spacial score (nSPS) is 36.4. The predicted octanol–water partition coefficient (Wildman–Crippen LogP) is -2.89. The Kier molecular flexibility index (Phi) is 14.9. The summed E-state index contributed by atoms with van der Waals surface area (Å²) in [4.78, 5) is 13.3. The van der Waals surface area contributed by atoms with Crippen LogP contribution in [0.5, 0.6) is 23.0 Å². The summed E-state index contributed by atoms with van der Waals surface area (Å²) in [5, 5.41) is 114. The van der Waals surface area contributed by atoms with Gasteiger partial charge in [0.15, 0.2) is 48.0 Å². The van der Waals surface area contributed by atoms with Gasteiger partial charge < -0.3 is 94.1 Å². The number of aromatic hydroxyl groups is 3. The van der Waals surface area contributed by atoms with Crippen molar-refractivity contribution in [2.24, 2.45) is 0 Å². The SMILES string of the molecule is COc1ccc(CCO[C@@H]2O[C@H](CO[C@@H]3O[C@H](CO)[C@@H](O)[C@H](O)[C@H]3O)[C@@H](OC(=O)C=Cc3ccc(O)c(O)c3)[C@H](O[C@@H]3O[C@@H](C)[C@H](O)[C@@H](O)[C@H]3O)[C@H]2O)cc1O. The molecule has 0 aliphatic carbocycles. The largest absolute Gasteiger partial charge is 0.504 e. The predicted molar refractivity (Wildman–Crippen MR) is 185 cm³/mol. The molecule has 0 aromatic heterocycles. The topological polar surface area (TPSA) is 313 Å². The number of phenols is 3. The molecule has 3 aliphatic rings. The molecule has 0 amide bonds. The fourth-order valence-corrected chi connectivity index (χ4v) is 6.31. The standard InChI is InChI=1S/C36H48O20/c1-15-25(42)27(44)30(47)36(52-15)56-33-31(48)35(50-10-9-17-4-7-21(49-2)20(40)12-17)54-23(14-51-34-29(46)28(45)26(43)22(13-37)53-34)32(33)55-24(41)8-5-16-3-6-18(38)19(39)11-16/h3-8,11-12,15,22-23,25-40,42-48H,9-10,13-14H2,1-2H3/t15-,22+,23+,25-,26+,27+,28-,29+,30+,31+,32+,33+,34+,35+,36-/m0/s1. The van der Waals surface area contributed by atoms with E-state index in [1.807, 2.05) is 0 Å². The van der Waals surface area contributed by atoms with Gasteiger partial charge in [0.05, 0.1) is 33.0 Å². The summed E-state index contributed by atoms with van der Waals surface area (Å²) in [6.45, 7) is -0.179. The van der Waals surface area contributed by atoms with E-state index in [1.165, 1.54) is 44.4 Å². The molecule has 0 bridgehead atoms. The number of aliphatic hydroxyl groups excluding tert-OH is 8. The van der Waals surface area contributed by atoms with E-state index in [1.54, 1.807) is 6.07 Å². The van der Waals surface area contributed by atoms with Gasteiger partial charge in [-0.25, -0.2) is 4.79 Å². The molecule has 3 fully saturated rings. The van der Waals surface area contributed by atoms with E-state index >= 15 is 0 Å². The molecule has 0 spiro atoms. The van der Waals surface area contributed by atoms with Crippen molar-refractivity contribution in [3.8, 4) is 23.0 Å². The number of rotatable bonds is 14. The van der Waals surface area contributed by atoms with Crippen LogP contribution in [0.25, 0.3) is 6.08 Å². The third kappa shape index (κ3) is 10.0. The van der Waals surface area contributed by atoms with Crippen LogP contribution in [-0.4, -0.2) is 181 Å². The fraction of sp³-hybridized carbons (Fsp3) is 0.583. The van der Waals surface area contributed by atoms with E-state index in [4.69, 9.17) is 37.9 Å². The van der Waals surface area contributed by atoms with E-state index < -0.39 is 123 Å². The first-order valence-corrected chi connectivity index (χ1v) is 17.6. The summed E-state index contributed by atoms with van der Waals surface area (Å²) in [6.07, 6.45) is -22.3. The van der Waals surface area contributed by atoms with Crippen LogP contribution in [-0.2, 0) is 44.4 Å². The third-order valence-corrected chi connectivity index (χ3v) is 9.57. The van der Waals surface area contributed by atoms with Crippen LogP contribution in [0.1, 0.15) is 18.1 Å². The van der Waals surface area contributed by atoms with E-state index in [2.05, 4.69) is 0 Å². The monoisotopic (exact) mass is 800 g/mol. The van der Waals surface area contributed by atoms with Crippen molar-refractivity contribution in [2.45, 2.75) is 105 Å². The number of carbonyl (C=O) groups excluding carboxylic acids is 1. The Labute approximate surface area is 319 Å². The van der Waals surface area contributed by atoms with Gasteiger partial charge in [0, 0.05) is 6.08 Å². The molecule has 3 aliphatic heterocycles. The minimum absolute atomic E-state index is 0.133. The molecule has 56 heavy (non-hydrogen) atoms. The van der Waals surface area contributed by atoms with E-state index in [0.717, 1.165) is 12.1 Å². The van der Waals surface area contributed by atoms with Crippen molar-refractivity contribution in [3.05, 3.63) is 53.6 Å². The summed E-state index contributed by atoms with van der Waals surface area (Å²) in [5.74, 6) is -1.84. The maximum Gasteiger partial charge on any atom is 0.331 e. The van der Waals surface area contributed by atoms with Crippen molar-refractivity contribution in [1.29, 1.82) is 0 Å². The lowest BCUT2D eigenvalue weighted by molar-refractivity contribution is -0.364. The number of benzene rings is 2. The molecule has 0 saturated carbocycles. The zero-order valence-corrected chi connectivity index (χ0v) is 30.2. The number of ether oxygens (including phenoxy) is 8. The first-order chi connectivity index (χ1) is 26.6. The van der Waals surface area contributed by atoms with Crippen LogP contribution in [0.2, 0.25) is 0 Å². The first-order valence-electron chi connectivity index (χ1n) is 17.6. The minimum atomic E-state index is -1.87. The van der Waals surface area contributed by atoms with Gasteiger partial charge in [-0.05, 0) is 54.8 Å². The molecule has 20 heteroatoms. The maximum absolute atomic E-state index is 13.3. The second-order valence-electron chi connectivity index (χ2n) is 13.5. The van der Waals surface area contributed by atoms with Crippen LogP contribution in [0.4, 0.5) is 0 Å². The Balaban J connectivity index is 1.43. The zero-order valence-electron chi connectivity index (χ0n) is 30.2. The van der Waals surface area contributed by atoms with E-state index in [0.29, 0.717) is 5.56 Å². The molecule has 5 rings (SSSR count). The lowest BCUT2D eigenvalue weighted by atomic mass is 9.96. The summed E-state index contributed by atoms with van der Waals surface area (Å²) in [7, 11) is 1.39. The van der Waals surface area contributed by atoms with E-state index in [-0.39, 0.29) is 30.1 Å². The lowest BCUT2D eigenvalue weighted by Gasteiger charge is -2.47. The zero-order chi connectivity index (χ0) is 40.8. The highest BCUT2D eigenvalue weighted by Gasteiger charge is 2.53. The summed E-state index contributed by atoms with van der Waals surface area (Å²) in [5.41, 5.74) is 0.871. The van der Waals surface area contributed by atoms with Crippen LogP contribution in [0, 0.1) is 0 Å². The molecule has 20 nitrogen and oxygen atoms in total. The van der Waals surface area contributed by atoms with Gasteiger partial charge in [-0.2, -0.15) is 0 Å². The number of phenolic OH excluding ortho intramolecular Hbond substituents is 3. The molecule has 0 radical (unpaired) electrons. The molecular formula is C36H48O20. The van der Waals surface area contributed by atoms with Crippen molar-refractivity contribution in [3.63, 3.8) is 0 Å². The van der Waals surface area contributed by atoms with Crippen molar-refractivity contribution >= 4 is 12.0 Å². The van der Waals surface area contributed by atoms with Gasteiger partial charge in [0.25, 0.3) is 0 Å². The van der Waals surface area contributed by atoms with Crippen LogP contribution >= 0.6 is 0 Å². The first kappa shape index (κ1) is 43.4. The number of aliphatic hydroxyl groups is 8. The van der Waals surface area contributed by atoms with Gasteiger partial charge in [0.1, 0.15) is 61.0 Å². The molecule has 2 aromatic carbocycles. The van der Waals surface area contributed by atoms with E-state index in [9.17, 15) is 61.0 Å². The summed E-state index contributed by atoms with van der Waals surface area (Å²) >= 11 is 0. The number of hydrogen-bond donors (Lipinski definition) is 11. The molecule has 0 unspecified atom stereocenters. The van der Waals surface area contributed by atoms with Crippen molar-refractivity contribution < 1.29 is 98.9 Å². The van der Waals surface area contributed by atoms with Crippen molar-refractivity contribution in [2.75, 3.05) is 26.9 Å². The number of methoxy groups -OCH3 is 1. The Morgan fingerprint density at radius 3 is 2.07 bits per heavy atom.